The minimum atomic E-state index is -0.687. The summed E-state index contributed by atoms with van der Waals surface area (Å²) < 4.78 is 5.42. The van der Waals surface area contributed by atoms with Crippen molar-refractivity contribution in [2.24, 2.45) is 0 Å². The average molecular weight is 249 g/mol. The minimum Gasteiger partial charge on any atom is -0.390 e. The number of hydrogen-bond acceptors (Lipinski definition) is 3. The first-order valence-electron chi connectivity index (χ1n) is 6.64. The van der Waals surface area contributed by atoms with E-state index in [4.69, 9.17) is 4.74 Å². The number of rotatable bonds is 4. The van der Waals surface area contributed by atoms with Crippen molar-refractivity contribution in [2.75, 3.05) is 19.8 Å². The average Bonchev–Trinajstić information content (AvgIpc) is 2.32. The van der Waals surface area contributed by atoms with E-state index in [0.29, 0.717) is 13.0 Å². The fourth-order valence-corrected chi connectivity index (χ4v) is 2.50. The van der Waals surface area contributed by atoms with Crippen LogP contribution in [0.5, 0.6) is 0 Å². The Bertz CT molecular complexity index is 367. The van der Waals surface area contributed by atoms with Gasteiger partial charge in [0.05, 0.1) is 18.8 Å². The van der Waals surface area contributed by atoms with Gasteiger partial charge in [0.1, 0.15) is 0 Å². The molecular formula is C15H23NO2. The second-order valence-corrected chi connectivity index (χ2v) is 5.59. The van der Waals surface area contributed by atoms with Crippen LogP contribution in [0, 0.1) is 6.92 Å². The molecule has 0 amide bonds. The van der Waals surface area contributed by atoms with Gasteiger partial charge in [0, 0.05) is 19.0 Å². The van der Waals surface area contributed by atoms with Crippen molar-refractivity contribution in [3.8, 4) is 0 Å². The lowest BCUT2D eigenvalue weighted by Crippen LogP contribution is -2.46. The van der Waals surface area contributed by atoms with Gasteiger partial charge in [0.15, 0.2) is 0 Å². The Morgan fingerprint density at radius 1 is 1.39 bits per heavy atom. The molecule has 1 aromatic rings. The quantitative estimate of drug-likeness (QED) is 0.853. The van der Waals surface area contributed by atoms with E-state index in [1.165, 1.54) is 11.1 Å². The third kappa shape index (κ3) is 4.09. The second-order valence-electron chi connectivity index (χ2n) is 5.59. The monoisotopic (exact) mass is 249 g/mol. The Labute approximate surface area is 109 Å². The summed E-state index contributed by atoms with van der Waals surface area (Å²) in [5.74, 6) is 0. The third-order valence-electron chi connectivity index (χ3n) is 3.39. The van der Waals surface area contributed by atoms with Crippen LogP contribution in [0.3, 0.4) is 0 Å². The van der Waals surface area contributed by atoms with E-state index in [0.717, 1.165) is 19.6 Å². The standard InChI is InChI=1S/C15H23NO2/c1-12-3-5-13(6-4-12)9-15(2,17)10-14-11-18-8-7-16-14/h3-6,14,16-17H,7-11H2,1-2H3. The van der Waals surface area contributed by atoms with Gasteiger partial charge in [-0.2, -0.15) is 0 Å². The molecule has 0 bridgehead atoms. The van der Waals surface area contributed by atoms with Gasteiger partial charge >= 0.3 is 0 Å². The molecule has 0 saturated carbocycles. The number of aryl methyl sites for hydroxylation is 1. The van der Waals surface area contributed by atoms with E-state index in [1.807, 2.05) is 6.92 Å². The summed E-state index contributed by atoms with van der Waals surface area (Å²) in [7, 11) is 0. The van der Waals surface area contributed by atoms with Gasteiger partial charge in [0.25, 0.3) is 0 Å². The van der Waals surface area contributed by atoms with Gasteiger partial charge < -0.3 is 15.2 Å². The zero-order valence-electron chi connectivity index (χ0n) is 11.3. The van der Waals surface area contributed by atoms with Crippen molar-refractivity contribution in [3.05, 3.63) is 35.4 Å². The molecule has 1 aliphatic heterocycles. The molecule has 1 saturated heterocycles. The molecule has 3 heteroatoms. The molecule has 1 heterocycles. The molecule has 2 atom stereocenters. The molecule has 1 aliphatic rings. The largest absolute Gasteiger partial charge is 0.390 e. The van der Waals surface area contributed by atoms with Crippen molar-refractivity contribution in [1.82, 2.24) is 5.32 Å². The highest BCUT2D eigenvalue weighted by Gasteiger charge is 2.27. The summed E-state index contributed by atoms with van der Waals surface area (Å²) in [5.41, 5.74) is 1.75. The maximum Gasteiger partial charge on any atom is 0.0675 e. The Morgan fingerprint density at radius 3 is 2.72 bits per heavy atom. The zero-order valence-corrected chi connectivity index (χ0v) is 11.3. The molecular weight excluding hydrogens is 226 g/mol. The van der Waals surface area contributed by atoms with Crippen LogP contribution in [0.2, 0.25) is 0 Å². The predicted molar refractivity (Wildman–Crippen MR) is 72.7 cm³/mol. The summed E-state index contributed by atoms with van der Waals surface area (Å²) in [6, 6.07) is 8.63. The second kappa shape index (κ2) is 5.83. The maximum atomic E-state index is 10.5. The third-order valence-corrected chi connectivity index (χ3v) is 3.39. The Balaban J connectivity index is 1.91. The van der Waals surface area contributed by atoms with Crippen molar-refractivity contribution >= 4 is 0 Å². The molecule has 0 aliphatic carbocycles. The first kappa shape index (κ1) is 13.5. The molecule has 100 valence electrons. The molecule has 0 aromatic heterocycles. The van der Waals surface area contributed by atoms with Gasteiger partial charge in [-0.25, -0.2) is 0 Å². The molecule has 3 nitrogen and oxygen atoms in total. The van der Waals surface area contributed by atoms with Crippen molar-refractivity contribution in [2.45, 2.75) is 38.3 Å². The SMILES string of the molecule is Cc1ccc(CC(C)(O)CC2COCCN2)cc1. The Hall–Kier alpha value is -0.900. The van der Waals surface area contributed by atoms with Gasteiger partial charge in [-0.15, -0.1) is 0 Å². The molecule has 2 N–H and O–H groups in total. The number of hydrogen-bond donors (Lipinski definition) is 2. The van der Waals surface area contributed by atoms with Crippen LogP contribution in [-0.2, 0) is 11.2 Å². The number of benzene rings is 1. The lowest BCUT2D eigenvalue weighted by atomic mass is 9.89. The van der Waals surface area contributed by atoms with E-state index in [1.54, 1.807) is 0 Å². The lowest BCUT2D eigenvalue weighted by Gasteiger charge is -2.31. The van der Waals surface area contributed by atoms with Crippen LogP contribution in [-0.4, -0.2) is 36.5 Å². The number of aliphatic hydroxyl groups is 1. The van der Waals surface area contributed by atoms with Gasteiger partial charge in [-0.1, -0.05) is 29.8 Å². The van der Waals surface area contributed by atoms with Crippen LogP contribution < -0.4 is 5.32 Å². The first-order chi connectivity index (χ1) is 8.55. The molecule has 0 radical (unpaired) electrons. The summed E-state index contributed by atoms with van der Waals surface area (Å²) >= 11 is 0. The summed E-state index contributed by atoms with van der Waals surface area (Å²) in [6.45, 7) is 6.33. The number of ether oxygens (including phenoxy) is 1. The van der Waals surface area contributed by atoms with Crippen LogP contribution in [0.1, 0.15) is 24.5 Å². The van der Waals surface area contributed by atoms with Crippen LogP contribution in [0.25, 0.3) is 0 Å². The van der Waals surface area contributed by atoms with Crippen molar-refractivity contribution in [1.29, 1.82) is 0 Å². The van der Waals surface area contributed by atoms with Crippen molar-refractivity contribution < 1.29 is 9.84 Å². The van der Waals surface area contributed by atoms with E-state index < -0.39 is 5.60 Å². The molecule has 1 fully saturated rings. The smallest absolute Gasteiger partial charge is 0.0675 e. The number of nitrogens with one attached hydrogen (secondary N) is 1. The topological polar surface area (TPSA) is 41.5 Å². The maximum absolute atomic E-state index is 10.5. The van der Waals surface area contributed by atoms with E-state index in [2.05, 4.69) is 36.5 Å². The zero-order chi connectivity index (χ0) is 13.0. The summed E-state index contributed by atoms with van der Waals surface area (Å²) in [5, 5.41) is 13.9. The Kier molecular flexibility index (Phi) is 4.38. The van der Waals surface area contributed by atoms with E-state index in [-0.39, 0.29) is 6.04 Å². The van der Waals surface area contributed by atoms with Gasteiger partial charge in [-0.3, -0.25) is 0 Å². The number of morpholine rings is 1. The highest BCUT2D eigenvalue weighted by molar-refractivity contribution is 5.22. The molecule has 18 heavy (non-hydrogen) atoms. The summed E-state index contributed by atoms with van der Waals surface area (Å²) in [6.07, 6.45) is 1.41. The molecule has 1 aromatic carbocycles. The normalized spacial score (nSPS) is 23.6. The highest BCUT2D eigenvalue weighted by Crippen LogP contribution is 2.20. The van der Waals surface area contributed by atoms with Crippen LogP contribution >= 0.6 is 0 Å². The van der Waals surface area contributed by atoms with Gasteiger partial charge in [-0.05, 0) is 25.8 Å². The molecule has 2 rings (SSSR count). The van der Waals surface area contributed by atoms with E-state index in [9.17, 15) is 5.11 Å². The molecule has 2 unspecified atom stereocenters. The van der Waals surface area contributed by atoms with Gasteiger partial charge in [0.2, 0.25) is 0 Å². The first-order valence-corrected chi connectivity index (χ1v) is 6.64. The fraction of sp³-hybridized carbons (Fsp3) is 0.600. The Morgan fingerprint density at radius 2 is 2.11 bits per heavy atom. The lowest BCUT2D eigenvalue weighted by molar-refractivity contribution is 0.00651. The van der Waals surface area contributed by atoms with E-state index >= 15 is 0 Å². The van der Waals surface area contributed by atoms with Crippen LogP contribution in [0.4, 0.5) is 0 Å². The predicted octanol–water partition coefficient (Wildman–Crippen LogP) is 1.67. The van der Waals surface area contributed by atoms with Crippen LogP contribution in [0.15, 0.2) is 24.3 Å². The minimum absolute atomic E-state index is 0.263. The molecule has 0 spiro atoms. The van der Waals surface area contributed by atoms with Crippen molar-refractivity contribution in [3.63, 3.8) is 0 Å². The fourth-order valence-electron chi connectivity index (χ4n) is 2.50. The highest BCUT2D eigenvalue weighted by atomic mass is 16.5. The summed E-state index contributed by atoms with van der Waals surface area (Å²) in [4.78, 5) is 0.